The van der Waals surface area contributed by atoms with Gasteiger partial charge in [0.2, 0.25) is 11.5 Å². The quantitative estimate of drug-likeness (QED) is 0.653. The van der Waals surface area contributed by atoms with Crippen LogP contribution in [0.5, 0.6) is 17.2 Å². The van der Waals surface area contributed by atoms with E-state index < -0.39 is 0 Å². The van der Waals surface area contributed by atoms with E-state index in [2.05, 4.69) is 4.98 Å². The summed E-state index contributed by atoms with van der Waals surface area (Å²) >= 11 is 1.13. The van der Waals surface area contributed by atoms with Gasteiger partial charge < -0.3 is 24.0 Å². The number of nitrogens with one attached hydrogen (secondary N) is 1. The number of rotatable bonds is 5. The van der Waals surface area contributed by atoms with Gasteiger partial charge in [0, 0.05) is 6.08 Å². The number of aromatic amines is 1. The monoisotopic (exact) mass is 373 g/mol. The van der Waals surface area contributed by atoms with Crippen LogP contribution in [0.25, 0.3) is 12.2 Å². The van der Waals surface area contributed by atoms with Gasteiger partial charge in [-0.2, -0.15) is 0 Å². The van der Waals surface area contributed by atoms with Gasteiger partial charge in [0.25, 0.3) is 5.56 Å². The van der Waals surface area contributed by atoms with Gasteiger partial charge in [0.15, 0.2) is 17.3 Å². The number of thiazole rings is 1. The first kappa shape index (κ1) is 17.6. The van der Waals surface area contributed by atoms with Crippen LogP contribution in [0.1, 0.15) is 16.1 Å². The number of ether oxygens (including phenoxy) is 2. The topological polar surface area (TPSA) is 102 Å². The molecule has 0 aliphatic carbocycles. The predicted molar refractivity (Wildman–Crippen MR) is 96.5 cm³/mol. The molecule has 0 fully saturated rings. The molecule has 0 aliphatic heterocycles. The Morgan fingerprint density at radius 3 is 2.54 bits per heavy atom. The molecular formula is C18H15NO6S. The predicted octanol–water partition coefficient (Wildman–Crippen LogP) is 1.24. The molecule has 3 aromatic rings. The Labute approximate surface area is 151 Å². The molecule has 0 radical (unpaired) electrons. The number of hydrogen-bond acceptors (Lipinski definition) is 7. The number of phenolic OH excluding ortho intramolecular Hbond substituents is 1. The second-order valence-corrected chi connectivity index (χ2v) is 6.27. The van der Waals surface area contributed by atoms with E-state index in [0.717, 1.165) is 11.3 Å². The van der Waals surface area contributed by atoms with Crippen LogP contribution in [0.2, 0.25) is 0 Å². The number of methoxy groups -OCH3 is 2. The maximum absolute atomic E-state index is 12.1. The lowest BCUT2D eigenvalue weighted by atomic mass is 10.1. The Morgan fingerprint density at radius 1 is 1.27 bits per heavy atom. The number of H-pyrrole nitrogens is 1. The molecule has 1 aromatic carbocycles. The average molecular weight is 373 g/mol. The summed E-state index contributed by atoms with van der Waals surface area (Å²) in [5.74, 6) is 0.182. The number of benzene rings is 1. The fourth-order valence-electron chi connectivity index (χ4n) is 2.28. The van der Waals surface area contributed by atoms with E-state index in [-0.39, 0.29) is 34.4 Å². The van der Waals surface area contributed by atoms with E-state index in [4.69, 9.17) is 13.9 Å². The van der Waals surface area contributed by atoms with Crippen LogP contribution in [-0.2, 0) is 0 Å². The Kier molecular flexibility index (Phi) is 4.94. The van der Waals surface area contributed by atoms with Gasteiger partial charge in [-0.15, -0.1) is 11.3 Å². The molecule has 2 aromatic heterocycles. The zero-order chi connectivity index (χ0) is 18.7. The number of furan rings is 1. The van der Waals surface area contributed by atoms with Gasteiger partial charge in [-0.3, -0.25) is 9.59 Å². The van der Waals surface area contributed by atoms with Gasteiger partial charge in [-0.1, -0.05) is 0 Å². The van der Waals surface area contributed by atoms with Crippen LogP contribution < -0.4 is 24.2 Å². The van der Waals surface area contributed by atoms with Crippen molar-refractivity contribution in [3.05, 3.63) is 61.4 Å². The fraction of sp³-hybridized carbons (Fsp3) is 0.111. The lowest BCUT2D eigenvalue weighted by Crippen LogP contribution is -2.20. The molecule has 0 saturated heterocycles. The summed E-state index contributed by atoms with van der Waals surface area (Å²) in [6.07, 6.45) is 4.33. The SMILES string of the molecule is COc1cc(/C=c2\s/c(=C\C(=O)c3ccco3)[nH]c2=O)cc(OC)c1O. The van der Waals surface area contributed by atoms with Crippen LogP contribution in [0, 0.1) is 0 Å². The first-order valence-corrected chi connectivity index (χ1v) is 8.29. The second kappa shape index (κ2) is 7.32. The van der Waals surface area contributed by atoms with Crippen LogP contribution in [0.3, 0.4) is 0 Å². The Balaban J connectivity index is 2.05. The Bertz CT molecular complexity index is 1080. The first-order valence-electron chi connectivity index (χ1n) is 7.47. The highest BCUT2D eigenvalue weighted by Crippen LogP contribution is 2.37. The summed E-state index contributed by atoms with van der Waals surface area (Å²) in [4.78, 5) is 26.8. The van der Waals surface area contributed by atoms with Gasteiger partial charge in [-0.25, -0.2) is 0 Å². The zero-order valence-electron chi connectivity index (χ0n) is 13.9. The van der Waals surface area contributed by atoms with Gasteiger partial charge in [-0.05, 0) is 35.9 Å². The standard InChI is InChI=1S/C18H15NO6S/c1-23-13-6-10(7-14(24-2)17(13)21)8-15-18(22)19-16(26-15)9-11(20)12-4-3-5-25-12/h3-9,21H,1-2H3,(H,19,22)/b15-8-,16-9-. The number of phenols is 1. The van der Waals surface area contributed by atoms with Crippen LogP contribution in [-0.4, -0.2) is 30.1 Å². The minimum absolute atomic E-state index is 0.120. The van der Waals surface area contributed by atoms with Crippen molar-refractivity contribution in [2.75, 3.05) is 14.2 Å². The Hall–Kier alpha value is -3.26. The van der Waals surface area contributed by atoms with Crippen molar-refractivity contribution in [1.82, 2.24) is 4.98 Å². The minimum atomic E-state index is -0.341. The lowest BCUT2D eigenvalue weighted by molar-refractivity contribution is 0.103. The molecule has 2 heterocycles. The van der Waals surface area contributed by atoms with Crippen molar-refractivity contribution in [3.8, 4) is 17.2 Å². The minimum Gasteiger partial charge on any atom is -0.502 e. The number of ketones is 1. The molecule has 2 N–H and O–H groups in total. The van der Waals surface area contributed by atoms with Gasteiger partial charge in [0.1, 0.15) is 0 Å². The molecule has 26 heavy (non-hydrogen) atoms. The van der Waals surface area contributed by atoms with E-state index >= 15 is 0 Å². The van der Waals surface area contributed by atoms with Crippen molar-refractivity contribution in [2.45, 2.75) is 0 Å². The highest BCUT2D eigenvalue weighted by Gasteiger charge is 2.10. The molecule has 0 atom stereocenters. The summed E-state index contributed by atoms with van der Waals surface area (Å²) in [5.41, 5.74) is 0.271. The molecule has 134 valence electrons. The lowest BCUT2D eigenvalue weighted by Gasteiger charge is -2.09. The summed E-state index contributed by atoms with van der Waals surface area (Å²) in [6, 6.07) is 6.32. The summed E-state index contributed by atoms with van der Waals surface area (Å²) < 4.78 is 16.0. The number of carbonyl (C=O) groups is 1. The van der Waals surface area contributed by atoms with E-state index in [1.807, 2.05) is 0 Å². The molecule has 3 rings (SSSR count). The van der Waals surface area contributed by atoms with E-state index in [1.54, 1.807) is 30.3 Å². The molecule has 0 bridgehead atoms. The third kappa shape index (κ3) is 3.55. The number of carbonyl (C=O) groups excluding carboxylic acids is 1. The summed E-state index contributed by atoms with van der Waals surface area (Å²) in [7, 11) is 2.84. The molecule has 0 aliphatic rings. The molecule has 7 nitrogen and oxygen atoms in total. The summed E-state index contributed by atoms with van der Waals surface area (Å²) in [5, 5.41) is 9.95. The molecule has 8 heteroatoms. The first-order chi connectivity index (χ1) is 12.5. The highest BCUT2D eigenvalue weighted by molar-refractivity contribution is 7.07. The van der Waals surface area contributed by atoms with Crippen molar-refractivity contribution in [2.24, 2.45) is 0 Å². The molecule has 0 amide bonds. The van der Waals surface area contributed by atoms with E-state index in [9.17, 15) is 14.7 Å². The molecule has 0 spiro atoms. The highest BCUT2D eigenvalue weighted by atomic mass is 32.1. The molecular weight excluding hydrogens is 358 g/mol. The number of aromatic hydroxyl groups is 1. The van der Waals surface area contributed by atoms with E-state index in [1.165, 1.54) is 26.6 Å². The third-order valence-corrected chi connectivity index (χ3v) is 4.47. The van der Waals surface area contributed by atoms with Crippen molar-refractivity contribution in [3.63, 3.8) is 0 Å². The molecule has 0 saturated carbocycles. The number of aromatic nitrogens is 1. The fourth-order valence-corrected chi connectivity index (χ4v) is 3.17. The van der Waals surface area contributed by atoms with E-state index in [0.29, 0.717) is 14.8 Å². The van der Waals surface area contributed by atoms with Gasteiger partial charge in [0.05, 0.1) is 29.7 Å². The normalized spacial score (nSPS) is 12.4. The van der Waals surface area contributed by atoms with Crippen molar-refractivity contribution >= 4 is 29.3 Å². The van der Waals surface area contributed by atoms with Crippen LogP contribution >= 0.6 is 11.3 Å². The number of hydrogen-bond donors (Lipinski definition) is 2. The van der Waals surface area contributed by atoms with Crippen molar-refractivity contribution < 1.29 is 23.8 Å². The zero-order valence-corrected chi connectivity index (χ0v) is 14.8. The Morgan fingerprint density at radius 2 is 1.96 bits per heavy atom. The second-order valence-electron chi connectivity index (χ2n) is 5.19. The third-order valence-electron chi connectivity index (χ3n) is 3.51. The largest absolute Gasteiger partial charge is 0.502 e. The van der Waals surface area contributed by atoms with Crippen molar-refractivity contribution in [1.29, 1.82) is 0 Å². The smallest absolute Gasteiger partial charge is 0.266 e. The van der Waals surface area contributed by atoms with Gasteiger partial charge >= 0.3 is 0 Å². The maximum atomic E-state index is 12.1. The average Bonchev–Trinajstić information content (AvgIpc) is 3.27. The molecule has 0 unspecified atom stereocenters. The van der Waals surface area contributed by atoms with Crippen LogP contribution in [0.15, 0.2) is 39.7 Å². The maximum Gasteiger partial charge on any atom is 0.266 e. The number of Topliss-reactive ketones (excluding diaryl/α,β-unsaturated/α-hetero) is 1. The van der Waals surface area contributed by atoms with Crippen LogP contribution in [0.4, 0.5) is 0 Å². The summed E-state index contributed by atoms with van der Waals surface area (Å²) in [6.45, 7) is 0.